The lowest BCUT2D eigenvalue weighted by Gasteiger charge is -2.29. The van der Waals surface area contributed by atoms with Crippen LogP contribution in [0.4, 0.5) is 0 Å². The van der Waals surface area contributed by atoms with Gasteiger partial charge in [-0.3, -0.25) is 4.79 Å². The highest BCUT2D eigenvalue weighted by Crippen LogP contribution is 2.29. The van der Waals surface area contributed by atoms with Gasteiger partial charge in [0.1, 0.15) is 0 Å². The summed E-state index contributed by atoms with van der Waals surface area (Å²) in [6.45, 7) is 2.79. The number of fused-ring (bicyclic) bond motifs is 2. The maximum Gasteiger partial charge on any atom is 0.251 e. The summed E-state index contributed by atoms with van der Waals surface area (Å²) < 4.78 is 11.1. The summed E-state index contributed by atoms with van der Waals surface area (Å²) in [5.41, 5.74) is 0.626. The van der Waals surface area contributed by atoms with Gasteiger partial charge in [-0.2, -0.15) is 0 Å². The largest absolute Gasteiger partial charge is 0.493 e. The maximum absolute atomic E-state index is 12.6. The number of carbonyl (C=O) groups is 1. The fourth-order valence-corrected chi connectivity index (χ4v) is 3.70. The van der Waals surface area contributed by atoms with E-state index in [1.54, 1.807) is 13.2 Å². The van der Waals surface area contributed by atoms with Crippen molar-refractivity contribution in [2.75, 3.05) is 13.7 Å². The second kappa shape index (κ2) is 9.30. The minimum Gasteiger partial charge on any atom is -0.493 e. The Morgan fingerprint density at radius 1 is 1.24 bits per heavy atom. The molecule has 3 rings (SSSR count). The minimum atomic E-state index is -0.0280. The van der Waals surface area contributed by atoms with Gasteiger partial charge in [-0.05, 0) is 50.3 Å². The van der Waals surface area contributed by atoms with Crippen LogP contribution in [0.5, 0.6) is 11.5 Å². The second-order valence-electron chi connectivity index (χ2n) is 6.85. The molecule has 1 aromatic rings. The summed E-state index contributed by atoms with van der Waals surface area (Å²) in [5.74, 6) is 1.28. The Bertz CT molecular complexity index is 570. The van der Waals surface area contributed by atoms with Crippen molar-refractivity contribution in [3.05, 3.63) is 23.8 Å². The van der Waals surface area contributed by atoms with Crippen LogP contribution >= 0.6 is 12.4 Å². The highest BCUT2D eigenvalue weighted by atomic mass is 35.5. The number of carbonyl (C=O) groups excluding carboxylic acids is 1. The first-order valence-electron chi connectivity index (χ1n) is 9.07. The molecule has 2 fully saturated rings. The molecule has 6 heteroatoms. The molecule has 2 atom stereocenters. The molecule has 0 aromatic heterocycles. The van der Waals surface area contributed by atoms with Crippen molar-refractivity contribution in [2.24, 2.45) is 0 Å². The summed E-state index contributed by atoms with van der Waals surface area (Å²) in [4.78, 5) is 12.6. The van der Waals surface area contributed by atoms with E-state index in [0.717, 1.165) is 25.7 Å². The van der Waals surface area contributed by atoms with E-state index in [1.165, 1.54) is 12.8 Å². The number of hydrogen-bond donors (Lipinski definition) is 2. The average molecular weight is 369 g/mol. The molecule has 25 heavy (non-hydrogen) atoms. The average Bonchev–Trinajstić information content (AvgIpc) is 2.93. The number of piperidine rings is 1. The van der Waals surface area contributed by atoms with E-state index in [1.807, 2.05) is 12.1 Å². The molecule has 1 amide bonds. The molecule has 2 aliphatic heterocycles. The molecular weight excluding hydrogens is 340 g/mol. The molecule has 2 heterocycles. The predicted octanol–water partition coefficient (Wildman–Crippen LogP) is 3.31. The van der Waals surface area contributed by atoms with Gasteiger partial charge in [0.25, 0.3) is 5.91 Å². The highest BCUT2D eigenvalue weighted by Gasteiger charge is 2.34. The molecule has 0 aliphatic carbocycles. The Kier molecular flexibility index (Phi) is 7.38. The van der Waals surface area contributed by atoms with Crippen molar-refractivity contribution < 1.29 is 14.3 Å². The van der Waals surface area contributed by atoms with Gasteiger partial charge in [-0.1, -0.05) is 13.3 Å². The molecule has 2 N–H and O–H groups in total. The number of hydrogen-bond acceptors (Lipinski definition) is 4. The number of methoxy groups -OCH3 is 1. The quantitative estimate of drug-likeness (QED) is 0.725. The third-order valence-corrected chi connectivity index (χ3v) is 4.99. The standard InChI is InChI=1S/C19H28N2O3.ClH/c1-3-4-9-24-17-8-5-13(10-18(17)23-2)19(22)21-16-11-14-6-7-15(12-16)20-14;/h5,8,10,14-16,20H,3-4,6-7,9,11-12H2,1-2H3,(H,21,22);1H. The first-order chi connectivity index (χ1) is 11.7. The Labute approximate surface area is 156 Å². The molecule has 2 bridgehead atoms. The number of halogens is 1. The molecule has 140 valence electrons. The predicted molar refractivity (Wildman–Crippen MR) is 101 cm³/mol. The molecule has 2 unspecified atom stereocenters. The van der Waals surface area contributed by atoms with Gasteiger partial charge in [0, 0.05) is 23.7 Å². The van der Waals surface area contributed by atoms with Crippen molar-refractivity contribution in [1.29, 1.82) is 0 Å². The van der Waals surface area contributed by atoms with Crippen LogP contribution in [0.1, 0.15) is 55.8 Å². The van der Waals surface area contributed by atoms with Gasteiger partial charge >= 0.3 is 0 Å². The third kappa shape index (κ3) is 5.02. The second-order valence-corrected chi connectivity index (χ2v) is 6.85. The van der Waals surface area contributed by atoms with Crippen LogP contribution in [-0.2, 0) is 0 Å². The third-order valence-electron chi connectivity index (χ3n) is 4.99. The van der Waals surface area contributed by atoms with Gasteiger partial charge in [0.05, 0.1) is 13.7 Å². The number of benzene rings is 1. The van der Waals surface area contributed by atoms with Gasteiger partial charge in [-0.15, -0.1) is 12.4 Å². The lowest BCUT2D eigenvalue weighted by atomic mass is 9.99. The Morgan fingerprint density at radius 3 is 2.60 bits per heavy atom. The first-order valence-corrected chi connectivity index (χ1v) is 9.07. The number of rotatable bonds is 7. The number of ether oxygens (including phenoxy) is 2. The van der Waals surface area contributed by atoms with Crippen molar-refractivity contribution in [1.82, 2.24) is 10.6 Å². The Hall–Kier alpha value is -1.46. The molecule has 2 saturated heterocycles. The molecular formula is C19H29ClN2O3. The normalized spacial score (nSPS) is 24.3. The molecule has 0 saturated carbocycles. The zero-order valence-electron chi connectivity index (χ0n) is 15.0. The summed E-state index contributed by atoms with van der Waals surface area (Å²) in [6.07, 6.45) is 6.60. The van der Waals surface area contributed by atoms with Gasteiger partial charge in [0.15, 0.2) is 11.5 Å². The van der Waals surface area contributed by atoms with Crippen molar-refractivity contribution in [3.63, 3.8) is 0 Å². The smallest absolute Gasteiger partial charge is 0.251 e. The molecule has 0 radical (unpaired) electrons. The monoisotopic (exact) mass is 368 g/mol. The van der Waals surface area contributed by atoms with Crippen molar-refractivity contribution in [2.45, 2.75) is 63.6 Å². The maximum atomic E-state index is 12.6. The van der Waals surface area contributed by atoms with E-state index in [9.17, 15) is 4.79 Å². The fourth-order valence-electron chi connectivity index (χ4n) is 3.70. The van der Waals surface area contributed by atoms with Crippen LogP contribution in [0, 0.1) is 0 Å². The van der Waals surface area contributed by atoms with Crippen LogP contribution in [0.15, 0.2) is 18.2 Å². The van der Waals surface area contributed by atoms with Crippen LogP contribution in [-0.4, -0.2) is 37.7 Å². The van der Waals surface area contributed by atoms with Crippen LogP contribution in [0.25, 0.3) is 0 Å². The van der Waals surface area contributed by atoms with E-state index in [4.69, 9.17) is 9.47 Å². The lowest BCUT2D eigenvalue weighted by molar-refractivity contribution is 0.0923. The van der Waals surface area contributed by atoms with E-state index in [-0.39, 0.29) is 24.4 Å². The van der Waals surface area contributed by atoms with E-state index in [2.05, 4.69) is 17.6 Å². The number of nitrogens with one attached hydrogen (secondary N) is 2. The zero-order chi connectivity index (χ0) is 16.9. The SMILES string of the molecule is CCCCOc1ccc(C(=O)NC2CC3CCC(C2)N3)cc1OC.Cl. The van der Waals surface area contributed by atoms with Crippen LogP contribution in [0.2, 0.25) is 0 Å². The molecule has 2 aliphatic rings. The minimum absolute atomic E-state index is 0. The highest BCUT2D eigenvalue weighted by molar-refractivity contribution is 5.95. The van der Waals surface area contributed by atoms with Crippen molar-refractivity contribution in [3.8, 4) is 11.5 Å². The number of amides is 1. The number of unbranched alkanes of at least 4 members (excludes halogenated alkanes) is 1. The van der Waals surface area contributed by atoms with Crippen LogP contribution in [0.3, 0.4) is 0 Å². The Morgan fingerprint density at radius 2 is 1.96 bits per heavy atom. The topological polar surface area (TPSA) is 59.6 Å². The van der Waals surface area contributed by atoms with E-state index >= 15 is 0 Å². The lowest BCUT2D eigenvalue weighted by Crippen LogP contribution is -2.48. The van der Waals surface area contributed by atoms with E-state index in [0.29, 0.717) is 35.8 Å². The summed E-state index contributed by atoms with van der Waals surface area (Å²) in [6, 6.07) is 6.81. The molecule has 1 aromatic carbocycles. The molecule has 5 nitrogen and oxygen atoms in total. The molecule has 0 spiro atoms. The fraction of sp³-hybridized carbons (Fsp3) is 0.632. The Balaban J connectivity index is 0.00000225. The first kappa shape index (κ1) is 19.9. The van der Waals surface area contributed by atoms with Gasteiger partial charge in [0.2, 0.25) is 0 Å². The van der Waals surface area contributed by atoms with Gasteiger partial charge < -0.3 is 20.1 Å². The summed E-state index contributed by atoms with van der Waals surface area (Å²) in [7, 11) is 1.61. The van der Waals surface area contributed by atoms with Crippen molar-refractivity contribution >= 4 is 18.3 Å². The summed E-state index contributed by atoms with van der Waals surface area (Å²) in [5, 5.41) is 6.78. The van der Waals surface area contributed by atoms with E-state index < -0.39 is 0 Å². The zero-order valence-corrected chi connectivity index (χ0v) is 15.9. The summed E-state index contributed by atoms with van der Waals surface area (Å²) >= 11 is 0. The van der Waals surface area contributed by atoms with Crippen LogP contribution < -0.4 is 20.1 Å². The van der Waals surface area contributed by atoms with Gasteiger partial charge in [-0.25, -0.2) is 0 Å².